The van der Waals surface area contributed by atoms with Crippen LogP contribution in [-0.4, -0.2) is 6.04 Å². The van der Waals surface area contributed by atoms with Gasteiger partial charge in [-0.25, -0.2) is 4.39 Å². The molecule has 4 aromatic carbocycles. The van der Waals surface area contributed by atoms with E-state index in [2.05, 4.69) is 19.9 Å². The highest BCUT2D eigenvalue weighted by atomic mass is 19.1. The number of nitrogens with zero attached hydrogens (tertiary/aromatic N) is 1. The van der Waals surface area contributed by atoms with E-state index in [1.54, 1.807) is 18.2 Å². The molecular formula is C31H30FN. The van der Waals surface area contributed by atoms with Gasteiger partial charge in [-0.3, -0.25) is 0 Å². The Labute approximate surface area is 200 Å². The van der Waals surface area contributed by atoms with Gasteiger partial charge < -0.3 is 4.90 Å². The number of halogens is 1. The van der Waals surface area contributed by atoms with E-state index in [4.69, 9.17) is 4.11 Å². The van der Waals surface area contributed by atoms with E-state index in [-0.39, 0.29) is 22.8 Å². The highest BCUT2D eigenvalue weighted by Crippen LogP contribution is 2.51. The van der Waals surface area contributed by atoms with Crippen molar-refractivity contribution in [2.24, 2.45) is 0 Å². The van der Waals surface area contributed by atoms with Crippen LogP contribution in [0.25, 0.3) is 22.3 Å². The van der Waals surface area contributed by atoms with Crippen LogP contribution in [0.3, 0.4) is 0 Å². The minimum atomic E-state index is -2.37. The Morgan fingerprint density at radius 3 is 2.21 bits per heavy atom. The summed E-state index contributed by atoms with van der Waals surface area (Å²) >= 11 is 0. The molecule has 0 amide bonds. The Balaban J connectivity index is 1.80. The van der Waals surface area contributed by atoms with Crippen LogP contribution in [0.2, 0.25) is 0 Å². The number of rotatable bonds is 4. The van der Waals surface area contributed by atoms with E-state index in [9.17, 15) is 0 Å². The van der Waals surface area contributed by atoms with Gasteiger partial charge in [-0.2, -0.15) is 0 Å². The third-order valence-corrected chi connectivity index (χ3v) is 6.79. The Hall–Kier alpha value is -3.39. The lowest BCUT2D eigenvalue weighted by molar-refractivity contribution is 0.613. The average Bonchev–Trinajstić information content (AvgIpc) is 3.05. The summed E-state index contributed by atoms with van der Waals surface area (Å²) in [7, 11) is 0. The van der Waals surface area contributed by atoms with Crippen molar-refractivity contribution in [1.82, 2.24) is 0 Å². The minimum Gasteiger partial charge on any atom is -0.336 e. The number of hydrogen-bond acceptors (Lipinski definition) is 1. The normalized spacial score (nSPS) is 15.4. The van der Waals surface area contributed by atoms with Gasteiger partial charge in [0.15, 0.2) is 0 Å². The largest absolute Gasteiger partial charge is 0.336 e. The number of benzene rings is 4. The Kier molecular flexibility index (Phi) is 4.32. The molecule has 1 aliphatic rings. The highest BCUT2D eigenvalue weighted by Gasteiger charge is 2.37. The minimum absolute atomic E-state index is 0.199. The summed E-state index contributed by atoms with van der Waals surface area (Å²) in [6.07, 6.45) is 0. The first-order chi connectivity index (χ1) is 17.0. The summed E-state index contributed by atoms with van der Waals surface area (Å²) in [6, 6.07) is 26.5. The van der Waals surface area contributed by atoms with Gasteiger partial charge in [0.2, 0.25) is 0 Å². The topological polar surface area (TPSA) is 3.24 Å². The molecule has 0 radical (unpaired) electrons. The first-order valence-electron chi connectivity index (χ1n) is 12.9. The lowest BCUT2D eigenvalue weighted by atomic mass is 9.82. The van der Waals surface area contributed by atoms with Crippen LogP contribution in [0.15, 0.2) is 84.9 Å². The summed E-state index contributed by atoms with van der Waals surface area (Å²) in [5, 5.41) is 0. The van der Waals surface area contributed by atoms with E-state index in [1.807, 2.05) is 79.4 Å². The molecule has 0 spiro atoms. The monoisotopic (exact) mass is 438 g/mol. The molecule has 0 saturated heterocycles. The smallest absolute Gasteiger partial charge is 0.147 e. The molecule has 33 heavy (non-hydrogen) atoms. The van der Waals surface area contributed by atoms with Crippen LogP contribution in [-0.2, 0) is 5.41 Å². The molecular weight excluding hydrogens is 405 g/mol. The molecule has 0 bridgehead atoms. The second-order valence-corrected chi connectivity index (χ2v) is 9.55. The van der Waals surface area contributed by atoms with E-state index >= 15 is 4.39 Å². The van der Waals surface area contributed by atoms with Gasteiger partial charge in [-0.1, -0.05) is 86.6 Å². The van der Waals surface area contributed by atoms with Crippen molar-refractivity contribution in [3.63, 3.8) is 0 Å². The lowest BCUT2D eigenvalue weighted by Gasteiger charge is -2.34. The van der Waals surface area contributed by atoms with Crippen molar-refractivity contribution in [2.75, 3.05) is 4.90 Å². The summed E-state index contributed by atoms with van der Waals surface area (Å²) in [5.74, 6) is -0.366. The van der Waals surface area contributed by atoms with Gasteiger partial charge in [0.05, 0.1) is 11.4 Å². The maximum atomic E-state index is 16.1. The molecule has 4 aromatic rings. The molecule has 1 aliphatic carbocycles. The zero-order chi connectivity index (χ0) is 25.8. The fraction of sp³-hybridized carbons (Fsp3) is 0.226. The second-order valence-electron chi connectivity index (χ2n) is 9.55. The summed E-state index contributed by atoms with van der Waals surface area (Å²) in [4.78, 5) is 1.86. The van der Waals surface area contributed by atoms with Crippen LogP contribution in [0.5, 0.6) is 0 Å². The molecule has 0 unspecified atom stereocenters. The van der Waals surface area contributed by atoms with E-state index in [0.29, 0.717) is 11.4 Å². The fourth-order valence-electron chi connectivity index (χ4n) is 5.20. The summed E-state index contributed by atoms with van der Waals surface area (Å²) in [5.41, 5.74) is 6.62. The van der Waals surface area contributed by atoms with E-state index in [1.165, 1.54) is 5.56 Å². The average molecular weight is 439 g/mol. The van der Waals surface area contributed by atoms with E-state index in [0.717, 1.165) is 27.8 Å². The van der Waals surface area contributed by atoms with Gasteiger partial charge in [-0.15, -0.1) is 0 Å². The highest BCUT2D eigenvalue weighted by molar-refractivity contribution is 5.88. The fourth-order valence-corrected chi connectivity index (χ4v) is 5.20. The molecule has 166 valence electrons. The van der Waals surface area contributed by atoms with Gasteiger partial charge >= 0.3 is 0 Å². The van der Waals surface area contributed by atoms with Crippen molar-refractivity contribution < 1.29 is 8.50 Å². The first-order valence-corrected chi connectivity index (χ1v) is 11.4. The van der Waals surface area contributed by atoms with Crippen LogP contribution >= 0.6 is 0 Å². The number of anilines is 2. The summed E-state index contributed by atoms with van der Waals surface area (Å²) < 4.78 is 41.0. The van der Waals surface area contributed by atoms with Crippen molar-refractivity contribution in [2.45, 2.75) is 46.0 Å². The zero-order valence-electron chi connectivity index (χ0n) is 22.5. The van der Waals surface area contributed by atoms with Gasteiger partial charge in [0.1, 0.15) is 5.82 Å². The van der Waals surface area contributed by atoms with Gasteiger partial charge in [-0.05, 0) is 66.2 Å². The number of hydrogen-bond donors (Lipinski definition) is 0. The SMILES string of the molecule is [2H]C([2H])([2H])c1cccc(-c2ccccc2)c1N(c1cc2c(cc1F)-c1ccccc1C2(C)C)C(C)C. The van der Waals surface area contributed by atoms with Crippen LogP contribution in [0, 0.1) is 12.7 Å². The molecule has 0 atom stereocenters. The van der Waals surface area contributed by atoms with Crippen LogP contribution < -0.4 is 4.90 Å². The zero-order valence-corrected chi connectivity index (χ0v) is 19.5. The Morgan fingerprint density at radius 1 is 0.788 bits per heavy atom. The quantitative estimate of drug-likeness (QED) is 0.308. The molecule has 0 fully saturated rings. The standard InChI is InChI=1S/C31H30FN/c1-20(2)33(30-21(3)12-11-16-23(30)22-13-7-6-8-14-22)29-19-27-25(18-28(29)32)24-15-9-10-17-26(24)31(27,4)5/h6-20H,1-5H3/i3D3. The maximum Gasteiger partial charge on any atom is 0.147 e. The predicted octanol–water partition coefficient (Wildman–Crippen LogP) is 8.65. The molecule has 0 heterocycles. The van der Waals surface area contributed by atoms with Gasteiger partial charge in [0.25, 0.3) is 0 Å². The van der Waals surface area contributed by atoms with Crippen molar-refractivity contribution in [3.8, 4) is 22.3 Å². The molecule has 0 aromatic heterocycles. The van der Waals surface area contributed by atoms with Crippen molar-refractivity contribution in [1.29, 1.82) is 0 Å². The molecule has 0 saturated carbocycles. The molecule has 1 nitrogen and oxygen atoms in total. The lowest BCUT2D eigenvalue weighted by Crippen LogP contribution is -2.28. The first kappa shape index (κ1) is 18.1. The third-order valence-electron chi connectivity index (χ3n) is 6.79. The maximum absolute atomic E-state index is 16.1. The number of fused-ring (bicyclic) bond motifs is 3. The number of aryl methyl sites for hydroxylation is 1. The van der Waals surface area contributed by atoms with Crippen LogP contribution in [0.1, 0.15) is 48.5 Å². The molecule has 0 N–H and O–H groups in total. The second kappa shape index (κ2) is 7.88. The third kappa shape index (κ3) is 3.36. The van der Waals surface area contributed by atoms with Crippen molar-refractivity contribution >= 4 is 11.4 Å². The number of para-hydroxylation sites is 1. The van der Waals surface area contributed by atoms with Crippen LogP contribution in [0.4, 0.5) is 15.8 Å². The molecule has 0 aliphatic heterocycles. The van der Waals surface area contributed by atoms with Crippen molar-refractivity contribution in [3.05, 3.63) is 107 Å². The molecule has 5 rings (SSSR count). The Bertz CT molecular complexity index is 1440. The Morgan fingerprint density at radius 2 is 1.48 bits per heavy atom. The predicted molar refractivity (Wildman–Crippen MR) is 138 cm³/mol. The van der Waals surface area contributed by atoms with E-state index < -0.39 is 6.85 Å². The molecule has 2 heteroatoms. The van der Waals surface area contributed by atoms with Gasteiger partial charge in [0, 0.05) is 21.1 Å². The summed E-state index contributed by atoms with van der Waals surface area (Å²) in [6.45, 7) is 5.89.